The third-order valence-electron chi connectivity index (χ3n) is 5.77. The summed E-state index contributed by atoms with van der Waals surface area (Å²) in [6, 6.07) is 6.88. The van der Waals surface area contributed by atoms with E-state index in [1.807, 2.05) is 0 Å². The first-order valence-electron chi connectivity index (χ1n) is 9.75. The van der Waals surface area contributed by atoms with Gasteiger partial charge in [0.25, 0.3) is 0 Å². The summed E-state index contributed by atoms with van der Waals surface area (Å²) < 4.78 is 0. The Bertz CT molecular complexity index is 668. The molecule has 0 bridgehead atoms. The van der Waals surface area contributed by atoms with Crippen molar-refractivity contribution in [1.29, 1.82) is 0 Å². The van der Waals surface area contributed by atoms with Crippen molar-refractivity contribution in [3.8, 4) is 11.1 Å². The fourth-order valence-electron chi connectivity index (χ4n) is 4.16. The molecule has 1 saturated carbocycles. The molecule has 1 aliphatic carbocycles. The van der Waals surface area contributed by atoms with E-state index in [-0.39, 0.29) is 0 Å². The number of thiophene rings is 1. The molecule has 0 radical (unpaired) electrons. The molecule has 2 aromatic heterocycles. The number of piperazine rings is 1. The van der Waals surface area contributed by atoms with Crippen LogP contribution in [0.4, 0.5) is 5.82 Å². The molecule has 3 heterocycles. The summed E-state index contributed by atoms with van der Waals surface area (Å²) in [5.74, 6) is 2.02. The topological polar surface area (TPSA) is 19.4 Å². The van der Waals surface area contributed by atoms with Gasteiger partial charge in [-0.05, 0) is 59.5 Å². The molecular formula is C21H29N3S. The number of nitrogens with zero attached hydrogens (tertiary/aromatic N) is 3. The predicted molar refractivity (Wildman–Crippen MR) is 108 cm³/mol. The van der Waals surface area contributed by atoms with Crippen molar-refractivity contribution in [2.45, 2.75) is 38.5 Å². The van der Waals surface area contributed by atoms with Crippen LogP contribution < -0.4 is 4.90 Å². The summed E-state index contributed by atoms with van der Waals surface area (Å²) in [5, 5.41) is 4.43. The molecule has 1 aliphatic heterocycles. The van der Waals surface area contributed by atoms with Crippen molar-refractivity contribution in [3.05, 3.63) is 34.7 Å². The second kappa shape index (κ2) is 7.88. The fraction of sp³-hybridized carbons (Fsp3) is 0.571. The van der Waals surface area contributed by atoms with Crippen LogP contribution in [0.25, 0.3) is 11.1 Å². The van der Waals surface area contributed by atoms with Crippen molar-refractivity contribution in [2.24, 2.45) is 5.92 Å². The van der Waals surface area contributed by atoms with Crippen LogP contribution in [0.15, 0.2) is 29.0 Å². The van der Waals surface area contributed by atoms with Gasteiger partial charge in [-0.15, -0.1) is 0 Å². The molecule has 2 aliphatic rings. The minimum atomic E-state index is 0.833. The van der Waals surface area contributed by atoms with E-state index in [0.717, 1.165) is 38.5 Å². The van der Waals surface area contributed by atoms with Gasteiger partial charge >= 0.3 is 0 Å². The van der Waals surface area contributed by atoms with Gasteiger partial charge in [0.15, 0.2) is 0 Å². The maximum Gasteiger partial charge on any atom is 0.129 e. The zero-order valence-corrected chi connectivity index (χ0v) is 16.1. The Kier molecular flexibility index (Phi) is 5.37. The van der Waals surface area contributed by atoms with Crippen LogP contribution in [0.1, 0.15) is 37.8 Å². The van der Waals surface area contributed by atoms with Crippen LogP contribution in [-0.4, -0.2) is 43.1 Å². The Hall–Kier alpha value is -1.39. The van der Waals surface area contributed by atoms with Crippen LogP contribution in [0.2, 0.25) is 0 Å². The normalized spacial score (nSPS) is 20.1. The molecule has 3 nitrogen and oxygen atoms in total. The predicted octanol–water partition coefficient (Wildman–Crippen LogP) is 4.68. The molecule has 25 heavy (non-hydrogen) atoms. The summed E-state index contributed by atoms with van der Waals surface area (Å²) in [5.41, 5.74) is 3.98. The minimum Gasteiger partial charge on any atom is -0.354 e. The fourth-order valence-corrected chi connectivity index (χ4v) is 4.82. The first-order valence-corrected chi connectivity index (χ1v) is 10.7. The molecule has 2 aromatic rings. The quantitative estimate of drug-likeness (QED) is 0.793. The van der Waals surface area contributed by atoms with E-state index >= 15 is 0 Å². The number of hydrogen-bond donors (Lipinski definition) is 0. The largest absolute Gasteiger partial charge is 0.354 e. The summed E-state index contributed by atoms with van der Waals surface area (Å²) in [4.78, 5) is 9.97. The Morgan fingerprint density at radius 3 is 2.56 bits per heavy atom. The third kappa shape index (κ3) is 4.24. The Labute approximate surface area is 155 Å². The van der Waals surface area contributed by atoms with Crippen molar-refractivity contribution >= 4 is 17.2 Å². The van der Waals surface area contributed by atoms with Gasteiger partial charge in [-0.3, -0.25) is 0 Å². The zero-order chi connectivity index (χ0) is 17.1. The van der Waals surface area contributed by atoms with E-state index in [2.05, 4.69) is 45.8 Å². The average molecular weight is 356 g/mol. The van der Waals surface area contributed by atoms with E-state index < -0.39 is 0 Å². The lowest BCUT2D eigenvalue weighted by Gasteiger charge is -2.33. The lowest BCUT2D eigenvalue weighted by atomic mass is 9.86. The molecule has 0 unspecified atom stereocenters. The van der Waals surface area contributed by atoms with Crippen LogP contribution in [0, 0.1) is 5.92 Å². The van der Waals surface area contributed by atoms with Gasteiger partial charge in [0.05, 0.1) is 0 Å². The third-order valence-corrected chi connectivity index (χ3v) is 6.45. The van der Waals surface area contributed by atoms with Gasteiger partial charge in [-0.25, -0.2) is 4.98 Å². The van der Waals surface area contributed by atoms with Gasteiger partial charge in [0.1, 0.15) is 5.82 Å². The molecule has 134 valence electrons. The van der Waals surface area contributed by atoms with E-state index in [4.69, 9.17) is 4.98 Å². The van der Waals surface area contributed by atoms with Crippen LogP contribution in [-0.2, 0) is 6.42 Å². The highest BCUT2D eigenvalue weighted by Gasteiger charge is 2.19. The second-order valence-corrected chi connectivity index (χ2v) is 8.50. The molecule has 0 atom stereocenters. The van der Waals surface area contributed by atoms with Crippen molar-refractivity contribution < 1.29 is 0 Å². The highest BCUT2D eigenvalue weighted by atomic mass is 32.1. The maximum atomic E-state index is 5.10. The molecule has 0 N–H and O–H groups in total. The lowest BCUT2D eigenvalue weighted by Crippen LogP contribution is -2.44. The molecule has 0 amide bonds. The molecule has 0 spiro atoms. The molecule has 4 rings (SSSR count). The highest BCUT2D eigenvalue weighted by molar-refractivity contribution is 7.08. The minimum absolute atomic E-state index is 0.833. The molecule has 4 heteroatoms. The zero-order valence-electron chi connectivity index (χ0n) is 15.3. The summed E-state index contributed by atoms with van der Waals surface area (Å²) in [6.07, 6.45) is 8.15. The lowest BCUT2D eigenvalue weighted by molar-refractivity contribution is 0.312. The maximum absolute atomic E-state index is 5.10. The molecule has 2 fully saturated rings. The van der Waals surface area contributed by atoms with Gasteiger partial charge < -0.3 is 9.80 Å². The standard InChI is InChI=1S/C21H29N3S/c1-23-8-10-24(11-9-23)21-15-19(18-7-12-25-16-18)14-20(22-21)13-17-5-3-2-4-6-17/h7,12,14-17H,2-6,8-11,13H2,1H3. The highest BCUT2D eigenvalue weighted by Crippen LogP contribution is 2.31. The summed E-state index contributed by atoms with van der Waals surface area (Å²) in [6.45, 7) is 4.42. The van der Waals surface area contributed by atoms with Crippen LogP contribution in [0.3, 0.4) is 0 Å². The Morgan fingerprint density at radius 1 is 1.04 bits per heavy atom. The van der Waals surface area contributed by atoms with Crippen molar-refractivity contribution in [1.82, 2.24) is 9.88 Å². The Balaban J connectivity index is 1.60. The van der Waals surface area contributed by atoms with Gasteiger partial charge in [-0.1, -0.05) is 32.1 Å². The number of hydrogen-bond acceptors (Lipinski definition) is 4. The van der Waals surface area contributed by atoms with Gasteiger partial charge in [-0.2, -0.15) is 11.3 Å². The average Bonchev–Trinajstić information content (AvgIpc) is 3.18. The number of aromatic nitrogens is 1. The van der Waals surface area contributed by atoms with E-state index in [1.54, 1.807) is 11.3 Å². The molecule has 0 aromatic carbocycles. The number of rotatable bonds is 4. The first kappa shape index (κ1) is 17.0. The van der Waals surface area contributed by atoms with E-state index in [1.165, 1.54) is 54.7 Å². The van der Waals surface area contributed by atoms with E-state index in [9.17, 15) is 0 Å². The second-order valence-electron chi connectivity index (χ2n) is 7.72. The molecule has 1 saturated heterocycles. The van der Waals surface area contributed by atoms with Crippen molar-refractivity contribution in [3.63, 3.8) is 0 Å². The molecular weight excluding hydrogens is 326 g/mol. The monoisotopic (exact) mass is 355 g/mol. The first-order chi connectivity index (χ1) is 12.3. The number of anilines is 1. The van der Waals surface area contributed by atoms with E-state index in [0.29, 0.717) is 0 Å². The SMILES string of the molecule is CN1CCN(c2cc(-c3ccsc3)cc(CC3CCCCC3)n2)CC1. The van der Waals surface area contributed by atoms with Gasteiger partial charge in [0.2, 0.25) is 0 Å². The van der Waals surface area contributed by atoms with Crippen LogP contribution in [0.5, 0.6) is 0 Å². The smallest absolute Gasteiger partial charge is 0.129 e. The number of pyridine rings is 1. The van der Waals surface area contributed by atoms with Gasteiger partial charge in [0, 0.05) is 31.9 Å². The summed E-state index contributed by atoms with van der Waals surface area (Å²) >= 11 is 1.78. The summed E-state index contributed by atoms with van der Waals surface area (Å²) in [7, 11) is 2.21. The van der Waals surface area contributed by atoms with Crippen molar-refractivity contribution in [2.75, 3.05) is 38.1 Å². The number of likely N-dealkylation sites (N-methyl/N-ethyl adjacent to an activating group) is 1. The van der Waals surface area contributed by atoms with Crippen LogP contribution >= 0.6 is 11.3 Å². The Morgan fingerprint density at radius 2 is 1.84 bits per heavy atom.